The normalized spacial score (nSPS) is 18.6. The topological polar surface area (TPSA) is 24.1 Å². The highest BCUT2D eigenvalue weighted by atomic mass is 19.4. The molecular formula is C10H17F3N2. The Bertz CT molecular complexity index is 240. The number of alkyl halides is 3. The summed E-state index contributed by atoms with van der Waals surface area (Å²) in [5.41, 5.74) is 2.46. The first-order valence-electron chi connectivity index (χ1n) is 5.07. The first-order chi connectivity index (χ1) is 6.88. The van der Waals surface area contributed by atoms with Crippen LogP contribution < -0.4 is 10.6 Å². The minimum atomic E-state index is -4.08. The Hall–Kier alpha value is -0.550. The molecule has 5 heteroatoms. The summed E-state index contributed by atoms with van der Waals surface area (Å²) >= 11 is 0. The average molecular weight is 222 g/mol. The molecule has 0 radical (unpaired) electrons. The summed E-state index contributed by atoms with van der Waals surface area (Å²) in [5.74, 6) is 0. The van der Waals surface area contributed by atoms with E-state index in [9.17, 15) is 13.2 Å². The summed E-state index contributed by atoms with van der Waals surface area (Å²) in [7, 11) is 0. The van der Waals surface area contributed by atoms with Gasteiger partial charge in [0, 0.05) is 25.7 Å². The molecule has 2 nitrogen and oxygen atoms in total. The van der Waals surface area contributed by atoms with E-state index in [1.165, 1.54) is 5.57 Å². The van der Waals surface area contributed by atoms with Gasteiger partial charge < -0.3 is 10.6 Å². The molecule has 1 atom stereocenters. The van der Waals surface area contributed by atoms with Gasteiger partial charge in [-0.05, 0) is 19.4 Å². The van der Waals surface area contributed by atoms with E-state index in [1.54, 1.807) is 6.92 Å². The highest BCUT2D eigenvalue weighted by molar-refractivity contribution is 5.22. The third-order valence-corrected chi connectivity index (χ3v) is 2.53. The molecule has 0 aromatic heterocycles. The number of hydrogen-bond donors (Lipinski definition) is 2. The Balaban J connectivity index is 2.25. The second kappa shape index (κ2) is 4.99. The molecule has 1 saturated heterocycles. The van der Waals surface area contributed by atoms with E-state index in [-0.39, 0.29) is 0 Å². The second-order valence-corrected chi connectivity index (χ2v) is 4.09. The molecule has 0 amide bonds. The van der Waals surface area contributed by atoms with Crippen LogP contribution >= 0.6 is 0 Å². The van der Waals surface area contributed by atoms with E-state index in [1.807, 2.05) is 6.92 Å². The summed E-state index contributed by atoms with van der Waals surface area (Å²) in [4.78, 5) is 0. The van der Waals surface area contributed by atoms with Gasteiger partial charge in [-0.1, -0.05) is 5.57 Å². The molecule has 0 aromatic carbocycles. The van der Waals surface area contributed by atoms with E-state index >= 15 is 0 Å². The molecule has 0 aliphatic carbocycles. The van der Waals surface area contributed by atoms with Crippen molar-refractivity contribution in [2.75, 3.05) is 19.6 Å². The first-order valence-corrected chi connectivity index (χ1v) is 5.07. The van der Waals surface area contributed by atoms with Crippen LogP contribution in [0.25, 0.3) is 0 Å². The zero-order valence-corrected chi connectivity index (χ0v) is 9.04. The Kier molecular flexibility index (Phi) is 4.16. The van der Waals surface area contributed by atoms with E-state index in [2.05, 4.69) is 10.6 Å². The van der Waals surface area contributed by atoms with Gasteiger partial charge in [-0.15, -0.1) is 0 Å². The lowest BCUT2D eigenvalue weighted by Gasteiger charge is -2.23. The SMILES string of the molecule is CC(CNC(C)CC(F)(F)F)=C1CNC1. The largest absolute Gasteiger partial charge is 0.390 e. The predicted octanol–water partition coefficient (Wildman–Crippen LogP) is 1.84. The lowest BCUT2D eigenvalue weighted by molar-refractivity contribution is -0.138. The summed E-state index contributed by atoms with van der Waals surface area (Å²) in [5, 5.41) is 5.98. The molecular weight excluding hydrogens is 205 g/mol. The van der Waals surface area contributed by atoms with E-state index < -0.39 is 18.6 Å². The Morgan fingerprint density at radius 3 is 2.47 bits per heavy atom. The highest BCUT2D eigenvalue weighted by Gasteiger charge is 2.29. The standard InChI is InChI=1S/C10H17F3N2/c1-7(9-5-14-6-9)4-15-8(2)3-10(11,12)13/h8,14-15H,3-6H2,1-2H3. The van der Waals surface area contributed by atoms with Crippen molar-refractivity contribution in [3.63, 3.8) is 0 Å². The first kappa shape index (κ1) is 12.5. The maximum Gasteiger partial charge on any atom is 0.390 e. The van der Waals surface area contributed by atoms with Crippen molar-refractivity contribution in [2.24, 2.45) is 0 Å². The van der Waals surface area contributed by atoms with E-state index in [0.717, 1.165) is 18.7 Å². The van der Waals surface area contributed by atoms with Crippen molar-refractivity contribution < 1.29 is 13.2 Å². The van der Waals surface area contributed by atoms with Gasteiger partial charge >= 0.3 is 6.18 Å². The fraction of sp³-hybridized carbons (Fsp3) is 0.800. The molecule has 15 heavy (non-hydrogen) atoms. The molecule has 0 aromatic rings. The lowest BCUT2D eigenvalue weighted by atomic mass is 10.0. The van der Waals surface area contributed by atoms with Crippen LogP contribution in [-0.4, -0.2) is 31.9 Å². The van der Waals surface area contributed by atoms with Crippen LogP contribution in [0.5, 0.6) is 0 Å². The summed E-state index contributed by atoms with van der Waals surface area (Å²) < 4.78 is 36.0. The fourth-order valence-corrected chi connectivity index (χ4v) is 1.42. The van der Waals surface area contributed by atoms with Crippen LogP contribution in [-0.2, 0) is 0 Å². The number of nitrogens with one attached hydrogen (secondary N) is 2. The van der Waals surface area contributed by atoms with E-state index in [0.29, 0.717) is 6.54 Å². The van der Waals surface area contributed by atoms with Crippen molar-refractivity contribution in [3.05, 3.63) is 11.1 Å². The van der Waals surface area contributed by atoms with Crippen molar-refractivity contribution in [1.29, 1.82) is 0 Å². The van der Waals surface area contributed by atoms with E-state index in [4.69, 9.17) is 0 Å². The van der Waals surface area contributed by atoms with Gasteiger partial charge in [0.25, 0.3) is 0 Å². The fourth-order valence-electron chi connectivity index (χ4n) is 1.42. The van der Waals surface area contributed by atoms with Crippen LogP contribution in [0.15, 0.2) is 11.1 Å². The maximum atomic E-state index is 12.0. The zero-order chi connectivity index (χ0) is 11.5. The second-order valence-electron chi connectivity index (χ2n) is 4.09. The molecule has 0 bridgehead atoms. The predicted molar refractivity (Wildman–Crippen MR) is 53.7 cm³/mol. The minimum absolute atomic E-state index is 0.520. The minimum Gasteiger partial charge on any atom is -0.310 e. The van der Waals surface area contributed by atoms with Gasteiger partial charge in [-0.25, -0.2) is 0 Å². The molecule has 1 rings (SSSR count). The highest BCUT2D eigenvalue weighted by Crippen LogP contribution is 2.21. The monoisotopic (exact) mass is 222 g/mol. The number of rotatable bonds is 4. The van der Waals surface area contributed by atoms with Gasteiger partial charge in [-0.3, -0.25) is 0 Å². The van der Waals surface area contributed by atoms with Crippen LogP contribution in [0, 0.1) is 0 Å². The summed E-state index contributed by atoms with van der Waals surface area (Å²) in [6.07, 6.45) is -4.85. The quantitative estimate of drug-likeness (QED) is 0.709. The third-order valence-electron chi connectivity index (χ3n) is 2.53. The molecule has 1 aliphatic rings. The molecule has 0 saturated carbocycles. The zero-order valence-electron chi connectivity index (χ0n) is 9.04. The number of hydrogen-bond acceptors (Lipinski definition) is 2. The lowest BCUT2D eigenvalue weighted by Crippen LogP contribution is -2.38. The maximum absolute atomic E-state index is 12.0. The van der Waals surface area contributed by atoms with Crippen LogP contribution in [0.4, 0.5) is 13.2 Å². The molecule has 1 unspecified atom stereocenters. The smallest absolute Gasteiger partial charge is 0.310 e. The third kappa shape index (κ3) is 4.66. The Morgan fingerprint density at radius 1 is 1.47 bits per heavy atom. The number of halogens is 3. The van der Waals surface area contributed by atoms with Gasteiger partial charge in [0.05, 0.1) is 6.42 Å². The average Bonchev–Trinajstić information content (AvgIpc) is 1.94. The van der Waals surface area contributed by atoms with Crippen molar-refractivity contribution in [3.8, 4) is 0 Å². The van der Waals surface area contributed by atoms with Gasteiger partial charge in [0.2, 0.25) is 0 Å². The van der Waals surface area contributed by atoms with Gasteiger partial charge in [0.15, 0.2) is 0 Å². The van der Waals surface area contributed by atoms with Crippen molar-refractivity contribution in [2.45, 2.75) is 32.5 Å². The van der Waals surface area contributed by atoms with Gasteiger partial charge in [0.1, 0.15) is 0 Å². The molecule has 2 N–H and O–H groups in total. The molecule has 0 spiro atoms. The van der Waals surface area contributed by atoms with Crippen LogP contribution in [0.3, 0.4) is 0 Å². The summed E-state index contributed by atoms with van der Waals surface area (Å²) in [6.45, 7) is 5.82. The molecule has 1 aliphatic heterocycles. The Morgan fingerprint density at radius 2 is 2.07 bits per heavy atom. The Labute approximate surface area is 87.9 Å². The summed E-state index contributed by atoms with van der Waals surface area (Å²) in [6, 6.07) is -0.520. The van der Waals surface area contributed by atoms with Gasteiger partial charge in [-0.2, -0.15) is 13.2 Å². The molecule has 1 heterocycles. The molecule has 1 fully saturated rings. The van der Waals surface area contributed by atoms with Crippen LogP contribution in [0.1, 0.15) is 20.3 Å². The molecule has 88 valence electrons. The van der Waals surface area contributed by atoms with Crippen LogP contribution in [0.2, 0.25) is 0 Å². The van der Waals surface area contributed by atoms with Crippen molar-refractivity contribution in [1.82, 2.24) is 10.6 Å². The van der Waals surface area contributed by atoms with Crippen molar-refractivity contribution >= 4 is 0 Å².